The van der Waals surface area contributed by atoms with Gasteiger partial charge in [-0.05, 0) is 18.8 Å². The predicted molar refractivity (Wildman–Crippen MR) is 55.7 cm³/mol. The molecule has 2 aliphatic carbocycles. The number of alkyl halides is 4. The Morgan fingerprint density at radius 1 is 1.47 bits per heavy atom. The second kappa shape index (κ2) is 3.71. The Hall–Kier alpha value is -1.60. The highest BCUT2D eigenvalue weighted by Gasteiger charge is 2.62. The number of nitrogens with two attached hydrogens (primary N) is 1. The van der Waals surface area contributed by atoms with Gasteiger partial charge in [-0.3, -0.25) is 9.48 Å². The number of rotatable bonds is 3. The number of aromatic nitrogens is 2. The first-order valence-electron chi connectivity index (χ1n) is 5.89. The van der Waals surface area contributed by atoms with Gasteiger partial charge in [0.2, 0.25) is 5.91 Å². The Labute approximate surface area is 105 Å². The van der Waals surface area contributed by atoms with Crippen LogP contribution in [0, 0.1) is 5.92 Å². The van der Waals surface area contributed by atoms with E-state index in [2.05, 4.69) is 5.10 Å². The molecule has 0 unspecified atom stereocenters. The van der Waals surface area contributed by atoms with Crippen LogP contribution in [0.1, 0.15) is 42.1 Å². The van der Waals surface area contributed by atoms with Gasteiger partial charge in [-0.1, -0.05) is 0 Å². The van der Waals surface area contributed by atoms with E-state index in [1.165, 1.54) is 0 Å². The third-order valence-electron chi connectivity index (χ3n) is 3.96. The van der Waals surface area contributed by atoms with Crippen LogP contribution in [0.2, 0.25) is 0 Å². The van der Waals surface area contributed by atoms with Gasteiger partial charge in [0.1, 0.15) is 17.9 Å². The number of halogens is 4. The number of hydrogen-bond acceptors (Lipinski definition) is 2. The molecule has 3 rings (SSSR count). The van der Waals surface area contributed by atoms with Crippen LogP contribution in [0.3, 0.4) is 0 Å². The molecule has 1 saturated carbocycles. The van der Waals surface area contributed by atoms with Crippen LogP contribution in [0.4, 0.5) is 17.6 Å². The molecular formula is C11H11F4N3O. The Bertz CT molecular complexity index is 554. The molecule has 0 spiro atoms. The van der Waals surface area contributed by atoms with Gasteiger partial charge < -0.3 is 5.73 Å². The highest BCUT2D eigenvalue weighted by atomic mass is 19.3. The van der Waals surface area contributed by atoms with E-state index in [1.807, 2.05) is 0 Å². The lowest BCUT2D eigenvalue weighted by Crippen LogP contribution is -2.33. The van der Waals surface area contributed by atoms with Gasteiger partial charge >= 0.3 is 0 Å². The molecule has 8 heteroatoms. The molecule has 2 aliphatic rings. The summed E-state index contributed by atoms with van der Waals surface area (Å²) < 4.78 is 54.8. The maximum Gasteiger partial charge on any atom is 0.293 e. The van der Waals surface area contributed by atoms with E-state index in [-0.39, 0.29) is 5.56 Å². The number of nitrogens with zero attached hydrogens (tertiary/aromatic N) is 2. The molecule has 1 heterocycles. The molecule has 2 atom stereocenters. The van der Waals surface area contributed by atoms with E-state index >= 15 is 0 Å². The first-order chi connectivity index (χ1) is 8.84. The summed E-state index contributed by atoms with van der Waals surface area (Å²) in [7, 11) is 0. The van der Waals surface area contributed by atoms with E-state index in [1.54, 1.807) is 0 Å². The number of primary amides is 1. The molecule has 2 N–H and O–H groups in total. The molecular weight excluding hydrogens is 266 g/mol. The molecule has 1 amide bonds. The van der Waals surface area contributed by atoms with Crippen molar-refractivity contribution in [3.8, 4) is 0 Å². The number of fused-ring (bicyclic) bond motifs is 3. The summed E-state index contributed by atoms with van der Waals surface area (Å²) in [4.78, 5) is 10.9. The smallest absolute Gasteiger partial charge is 0.293 e. The summed E-state index contributed by atoms with van der Waals surface area (Å²) in [6.07, 6.45) is -2.18. The van der Waals surface area contributed by atoms with Crippen molar-refractivity contribution in [2.24, 2.45) is 11.7 Å². The van der Waals surface area contributed by atoms with Crippen LogP contribution < -0.4 is 5.73 Å². The predicted octanol–water partition coefficient (Wildman–Crippen LogP) is 1.90. The Balaban J connectivity index is 2.17. The van der Waals surface area contributed by atoms with E-state index in [0.717, 1.165) is 0 Å². The van der Waals surface area contributed by atoms with E-state index < -0.39 is 48.0 Å². The molecule has 19 heavy (non-hydrogen) atoms. The first-order valence-corrected chi connectivity index (χ1v) is 5.89. The highest BCUT2D eigenvalue weighted by molar-refractivity contribution is 5.73. The van der Waals surface area contributed by atoms with Gasteiger partial charge in [-0.15, -0.1) is 0 Å². The maximum atomic E-state index is 14.2. The highest BCUT2D eigenvalue weighted by Crippen LogP contribution is 2.63. The lowest BCUT2D eigenvalue weighted by molar-refractivity contribution is -0.119. The summed E-state index contributed by atoms with van der Waals surface area (Å²) in [6, 6.07) is 0. The van der Waals surface area contributed by atoms with Crippen LogP contribution in [-0.4, -0.2) is 15.7 Å². The van der Waals surface area contributed by atoms with Gasteiger partial charge in [-0.2, -0.15) is 13.9 Å². The minimum atomic E-state index is -3.21. The van der Waals surface area contributed by atoms with Crippen LogP contribution in [0.25, 0.3) is 0 Å². The zero-order valence-electron chi connectivity index (χ0n) is 9.75. The van der Waals surface area contributed by atoms with Gasteiger partial charge in [0.15, 0.2) is 0 Å². The summed E-state index contributed by atoms with van der Waals surface area (Å²) in [5.74, 6) is -5.62. The molecule has 0 saturated heterocycles. The molecule has 1 aromatic rings. The Morgan fingerprint density at radius 2 is 2.16 bits per heavy atom. The summed E-state index contributed by atoms with van der Waals surface area (Å²) >= 11 is 0. The normalized spacial score (nSPS) is 27.0. The van der Waals surface area contributed by atoms with E-state index in [4.69, 9.17) is 5.73 Å². The average Bonchev–Trinajstić information content (AvgIpc) is 2.60. The number of carbonyl (C=O) groups excluding carboxylic acids is 1. The minimum Gasteiger partial charge on any atom is -0.368 e. The van der Waals surface area contributed by atoms with Gasteiger partial charge in [0.25, 0.3) is 12.3 Å². The fraction of sp³-hybridized carbons (Fsp3) is 0.636. The topological polar surface area (TPSA) is 60.9 Å². The zero-order valence-corrected chi connectivity index (χ0v) is 9.75. The van der Waals surface area contributed by atoms with Crippen molar-refractivity contribution in [1.82, 2.24) is 9.78 Å². The van der Waals surface area contributed by atoms with Crippen LogP contribution >= 0.6 is 0 Å². The van der Waals surface area contributed by atoms with Crippen molar-refractivity contribution in [3.05, 3.63) is 17.0 Å². The van der Waals surface area contributed by atoms with Gasteiger partial charge in [0.05, 0.1) is 0 Å². The molecule has 0 aliphatic heterocycles. The summed E-state index contributed by atoms with van der Waals surface area (Å²) in [6.45, 7) is -0.607. The van der Waals surface area contributed by atoms with Gasteiger partial charge in [-0.25, -0.2) is 8.78 Å². The molecule has 104 valence electrons. The van der Waals surface area contributed by atoms with Crippen molar-refractivity contribution in [2.45, 2.75) is 37.7 Å². The lowest BCUT2D eigenvalue weighted by atomic mass is 9.73. The van der Waals surface area contributed by atoms with E-state index in [9.17, 15) is 22.4 Å². The second-order valence-corrected chi connectivity index (χ2v) is 4.99. The zero-order chi connectivity index (χ0) is 13.9. The number of carbonyl (C=O) groups is 1. The fourth-order valence-electron chi connectivity index (χ4n) is 3.09. The van der Waals surface area contributed by atoms with Crippen LogP contribution in [-0.2, 0) is 17.3 Å². The third kappa shape index (κ3) is 1.51. The third-order valence-corrected chi connectivity index (χ3v) is 3.96. The molecule has 1 fully saturated rings. The molecule has 4 nitrogen and oxygen atoms in total. The molecule has 0 aromatic carbocycles. The van der Waals surface area contributed by atoms with Crippen molar-refractivity contribution < 1.29 is 22.4 Å². The quantitative estimate of drug-likeness (QED) is 0.858. The minimum absolute atomic E-state index is 0.0718. The molecule has 1 aromatic heterocycles. The monoisotopic (exact) mass is 277 g/mol. The standard InChI is InChI=1S/C11H11F4N3O/c12-10(13)8-7-4-1-2-5(4)11(14,15)9(7)18(17-8)3-6(16)19/h4-5,10H,1-3H2,(H2,16,19)/t4-,5+/m0/s1. The number of hydrogen-bond donors (Lipinski definition) is 1. The van der Waals surface area contributed by atoms with Crippen molar-refractivity contribution in [2.75, 3.05) is 0 Å². The van der Waals surface area contributed by atoms with Crippen molar-refractivity contribution >= 4 is 5.91 Å². The largest absolute Gasteiger partial charge is 0.368 e. The maximum absolute atomic E-state index is 14.2. The lowest BCUT2D eigenvalue weighted by Gasteiger charge is -2.34. The Kier molecular flexibility index (Phi) is 2.42. The SMILES string of the molecule is NC(=O)Cn1nc(C(F)F)c2c1C(F)(F)[C@@H]1CC[C@H]21. The average molecular weight is 277 g/mol. The second-order valence-electron chi connectivity index (χ2n) is 4.99. The fourth-order valence-corrected chi connectivity index (χ4v) is 3.09. The first kappa shape index (κ1) is 12.4. The van der Waals surface area contributed by atoms with Crippen LogP contribution in [0.5, 0.6) is 0 Å². The van der Waals surface area contributed by atoms with E-state index in [0.29, 0.717) is 17.5 Å². The van der Waals surface area contributed by atoms with Crippen molar-refractivity contribution in [3.63, 3.8) is 0 Å². The van der Waals surface area contributed by atoms with Crippen molar-refractivity contribution in [1.29, 1.82) is 0 Å². The van der Waals surface area contributed by atoms with Gasteiger partial charge in [0, 0.05) is 11.5 Å². The Morgan fingerprint density at radius 3 is 2.63 bits per heavy atom. The molecule has 0 radical (unpaired) electrons. The number of amides is 1. The summed E-state index contributed by atoms with van der Waals surface area (Å²) in [5, 5.41) is 3.47. The van der Waals surface area contributed by atoms with Crippen LogP contribution in [0.15, 0.2) is 0 Å². The summed E-state index contributed by atoms with van der Waals surface area (Å²) in [5.41, 5.74) is 3.69. The molecule has 0 bridgehead atoms.